The zero-order chi connectivity index (χ0) is 36.9. The van der Waals surface area contributed by atoms with Gasteiger partial charge >= 0.3 is 6.03 Å². The molecule has 2 N–H and O–H groups in total. The largest absolute Gasteiger partial charge is 0.495 e. The van der Waals surface area contributed by atoms with Crippen molar-refractivity contribution in [2.24, 2.45) is 5.92 Å². The van der Waals surface area contributed by atoms with Crippen molar-refractivity contribution in [2.75, 3.05) is 27.2 Å². The van der Waals surface area contributed by atoms with Gasteiger partial charge in [0.15, 0.2) is 0 Å². The Kier molecular flexibility index (Phi) is 9.89. The molecule has 3 fully saturated rings. The van der Waals surface area contributed by atoms with E-state index in [1.165, 1.54) is 23.3 Å². The van der Waals surface area contributed by atoms with Crippen LogP contribution in [0.15, 0.2) is 35.7 Å². The molecule has 2 aromatic heterocycles. The third-order valence-corrected chi connectivity index (χ3v) is 13.4. The highest BCUT2D eigenvalue weighted by atomic mass is 35.5. The Hall–Kier alpha value is -3.95. The monoisotopic (exact) mass is 770 g/mol. The molecular formula is C36H43ClN6O7S2. The van der Waals surface area contributed by atoms with Gasteiger partial charge in [0.1, 0.15) is 44.9 Å². The highest BCUT2D eigenvalue weighted by molar-refractivity contribution is 7.91. The number of sulfonamides is 1. The van der Waals surface area contributed by atoms with E-state index in [1.807, 2.05) is 23.6 Å². The van der Waals surface area contributed by atoms with Crippen LogP contribution in [0.1, 0.15) is 70.4 Å². The topological polar surface area (TPSA) is 160 Å². The number of ether oxygens (including phenoxy) is 2. The van der Waals surface area contributed by atoms with Gasteiger partial charge in [-0.1, -0.05) is 37.6 Å². The van der Waals surface area contributed by atoms with E-state index in [0.29, 0.717) is 57.5 Å². The number of rotatable bonds is 8. The number of aromatic nitrogens is 2. The molecule has 1 aromatic carbocycles. The van der Waals surface area contributed by atoms with Crippen molar-refractivity contribution in [1.29, 1.82) is 0 Å². The predicted molar refractivity (Wildman–Crippen MR) is 198 cm³/mol. The average molecular weight is 771 g/mol. The quantitative estimate of drug-likeness (QED) is 0.292. The van der Waals surface area contributed by atoms with Gasteiger partial charge < -0.3 is 24.6 Å². The van der Waals surface area contributed by atoms with Gasteiger partial charge in [0.2, 0.25) is 15.9 Å². The second-order valence-electron chi connectivity index (χ2n) is 14.4. The zero-order valence-electron chi connectivity index (χ0n) is 29.6. The fourth-order valence-electron chi connectivity index (χ4n) is 6.93. The van der Waals surface area contributed by atoms with Crippen molar-refractivity contribution >= 4 is 61.7 Å². The molecule has 3 aromatic rings. The van der Waals surface area contributed by atoms with Gasteiger partial charge in [-0.2, -0.15) is 0 Å². The minimum Gasteiger partial charge on any atom is -0.495 e. The number of pyridine rings is 1. The Morgan fingerprint density at radius 3 is 2.67 bits per heavy atom. The number of nitrogens with zero attached hydrogens (tertiary/aromatic N) is 4. The summed E-state index contributed by atoms with van der Waals surface area (Å²) in [6.07, 6.45) is 6.96. The molecular weight excluding hydrogens is 728 g/mol. The molecule has 278 valence electrons. The number of benzene rings is 1. The molecule has 52 heavy (non-hydrogen) atoms. The second-order valence-corrected chi connectivity index (χ2v) is 17.6. The number of nitrogens with one attached hydrogen (secondary N) is 2. The van der Waals surface area contributed by atoms with E-state index in [2.05, 4.69) is 23.9 Å². The minimum atomic E-state index is -3.85. The van der Waals surface area contributed by atoms with Crippen LogP contribution in [0.5, 0.6) is 11.5 Å². The number of urea groups is 1. The molecule has 4 heterocycles. The lowest BCUT2D eigenvalue weighted by atomic mass is 10.1. The number of thiazole rings is 1. The Balaban J connectivity index is 1.21. The number of allylic oxidation sites excluding steroid dienone is 1. The molecule has 16 heteroatoms. The summed E-state index contributed by atoms with van der Waals surface area (Å²) >= 11 is 8.25. The van der Waals surface area contributed by atoms with Crippen LogP contribution < -0.4 is 19.5 Å². The van der Waals surface area contributed by atoms with Crippen LogP contribution in [0.2, 0.25) is 5.02 Å². The summed E-state index contributed by atoms with van der Waals surface area (Å²) in [6, 6.07) is 3.82. The number of carbonyl (C=O) groups excluding carboxylic acids is 3. The number of amides is 4. The normalized spacial score (nSPS) is 26.0. The van der Waals surface area contributed by atoms with E-state index >= 15 is 0 Å². The minimum absolute atomic E-state index is 0.0342. The highest BCUT2D eigenvalue weighted by Gasteiger charge is 2.62. The van der Waals surface area contributed by atoms with Crippen LogP contribution in [0.25, 0.3) is 21.6 Å². The van der Waals surface area contributed by atoms with Crippen LogP contribution in [0, 0.1) is 5.92 Å². The number of carbonyl (C=O) groups is 3. The smallest absolute Gasteiger partial charge is 0.319 e. The van der Waals surface area contributed by atoms with Crippen molar-refractivity contribution in [3.8, 4) is 22.2 Å². The first-order chi connectivity index (χ1) is 24.8. The van der Waals surface area contributed by atoms with Gasteiger partial charge in [-0.3, -0.25) is 14.3 Å². The molecule has 4 aliphatic rings. The van der Waals surface area contributed by atoms with Crippen molar-refractivity contribution in [3.63, 3.8) is 0 Å². The second kappa shape index (κ2) is 14.1. The third-order valence-electron chi connectivity index (χ3n) is 10.3. The Labute approximate surface area is 312 Å². The van der Waals surface area contributed by atoms with Crippen LogP contribution in [0.4, 0.5) is 4.79 Å². The first-order valence-corrected chi connectivity index (χ1v) is 20.5. The summed E-state index contributed by atoms with van der Waals surface area (Å²) in [4.78, 5) is 54.5. The van der Waals surface area contributed by atoms with E-state index in [9.17, 15) is 22.8 Å². The molecule has 13 nitrogen and oxygen atoms in total. The lowest BCUT2D eigenvalue weighted by Gasteiger charge is -2.30. The molecule has 0 unspecified atom stereocenters. The van der Waals surface area contributed by atoms with Gasteiger partial charge in [-0.05, 0) is 56.6 Å². The summed E-state index contributed by atoms with van der Waals surface area (Å²) in [5, 5.41) is 5.89. The molecule has 0 radical (unpaired) electrons. The lowest BCUT2D eigenvalue weighted by molar-refractivity contribution is -0.134. The molecule has 4 atom stereocenters. The molecule has 7 rings (SSSR count). The van der Waals surface area contributed by atoms with Gasteiger partial charge in [0.05, 0.1) is 30.1 Å². The van der Waals surface area contributed by atoms with E-state index in [1.54, 1.807) is 24.1 Å². The molecule has 0 spiro atoms. The van der Waals surface area contributed by atoms with Crippen molar-refractivity contribution in [1.82, 2.24) is 29.8 Å². The van der Waals surface area contributed by atoms with Crippen molar-refractivity contribution < 1.29 is 32.3 Å². The molecule has 2 saturated carbocycles. The van der Waals surface area contributed by atoms with Gasteiger partial charge in [-0.25, -0.2) is 23.2 Å². The average Bonchev–Trinajstić information content (AvgIpc) is 3.98. The summed E-state index contributed by atoms with van der Waals surface area (Å²) in [7, 11) is -0.599. The van der Waals surface area contributed by atoms with Gasteiger partial charge in [-0.15, -0.1) is 11.3 Å². The fraction of sp³-hybridized carbons (Fsp3) is 0.528. The van der Waals surface area contributed by atoms with Gasteiger partial charge in [0, 0.05) is 42.8 Å². The van der Waals surface area contributed by atoms with E-state index < -0.39 is 44.9 Å². The van der Waals surface area contributed by atoms with Crippen molar-refractivity contribution in [3.05, 3.63) is 46.4 Å². The predicted octanol–water partition coefficient (Wildman–Crippen LogP) is 5.24. The van der Waals surface area contributed by atoms with Crippen LogP contribution >= 0.6 is 22.9 Å². The number of halogens is 1. The van der Waals surface area contributed by atoms with Crippen LogP contribution in [-0.4, -0.2) is 96.2 Å². The van der Waals surface area contributed by atoms with Crippen LogP contribution in [0.3, 0.4) is 0 Å². The van der Waals surface area contributed by atoms with Crippen LogP contribution in [-0.2, 0) is 19.6 Å². The summed E-state index contributed by atoms with van der Waals surface area (Å²) in [5.41, 5.74) is 0.501. The Bertz CT molecular complexity index is 2050. The summed E-state index contributed by atoms with van der Waals surface area (Å²) < 4.78 is 39.9. The Morgan fingerprint density at radius 2 is 1.96 bits per heavy atom. The molecule has 2 aliphatic heterocycles. The van der Waals surface area contributed by atoms with E-state index in [-0.39, 0.29) is 37.1 Å². The summed E-state index contributed by atoms with van der Waals surface area (Å²) in [6.45, 7) is 4.69. The number of hydrogen-bond acceptors (Lipinski definition) is 10. The first kappa shape index (κ1) is 36.4. The maximum Gasteiger partial charge on any atom is 0.319 e. The molecule has 0 bridgehead atoms. The first-order valence-electron chi connectivity index (χ1n) is 17.7. The number of methoxy groups -OCH3 is 1. The SMILES string of the molecule is COc1ccc2c(O[C@H]3C[C@H]4C(=O)N(C)CCCC/C=C\[C@H]5C[C@@]5(C(=O)NS(=O)(=O)C5CC5)NC(=O)N4C3)cc(-c3nc(C(C)C)cs3)nc2c1Cl. The van der Waals surface area contributed by atoms with E-state index in [4.69, 9.17) is 31.0 Å². The molecule has 4 amide bonds. The van der Waals surface area contributed by atoms with Gasteiger partial charge in [0.25, 0.3) is 5.91 Å². The number of fused-ring (bicyclic) bond motifs is 3. The van der Waals surface area contributed by atoms with Crippen molar-refractivity contribution in [2.45, 2.75) is 87.6 Å². The number of hydrogen-bond donors (Lipinski definition) is 2. The third kappa shape index (κ3) is 7.06. The molecule has 1 saturated heterocycles. The Morgan fingerprint density at radius 1 is 1.17 bits per heavy atom. The van der Waals surface area contributed by atoms with E-state index in [0.717, 1.165) is 25.0 Å². The molecule has 2 aliphatic carbocycles. The standard InChI is InChI=1S/C36H43ClN6O7S2/c1-20(2)26-19-51-32(39-26)25-16-29(24-12-13-28(49-4)30(37)31(24)38-25)50-22-15-27-33(44)42(3)14-8-6-5-7-9-21-17-36(21,40-35(46)43(27)18-22)34(45)41-52(47,48)23-10-11-23/h7,9,12-13,16,19-23,27H,5-6,8,10-11,14-15,17-18H2,1-4H3,(H,40,46)(H,41,45)/b9-7-/t21-,22-,27-,36+/m0/s1. The fourth-order valence-corrected chi connectivity index (χ4v) is 9.51. The number of likely N-dealkylation sites (N-methyl/N-ethyl adjacent to an activating group) is 1. The zero-order valence-corrected chi connectivity index (χ0v) is 31.9. The lowest BCUT2D eigenvalue weighted by Crippen LogP contribution is -2.57. The summed E-state index contributed by atoms with van der Waals surface area (Å²) in [5.74, 6) is -0.256. The maximum absolute atomic E-state index is 14.2. The maximum atomic E-state index is 14.2. The highest BCUT2D eigenvalue weighted by Crippen LogP contribution is 2.46.